The lowest BCUT2D eigenvalue weighted by molar-refractivity contribution is 0.0992. The zero-order valence-electron chi connectivity index (χ0n) is 11.0. The predicted molar refractivity (Wildman–Crippen MR) is 75.1 cm³/mol. The van der Waals surface area contributed by atoms with Crippen LogP contribution in [0.5, 0.6) is 0 Å². The fourth-order valence-corrected chi connectivity index (χ4v) is 1.95. The molecular weight excluding hydrogens is 222 g/mol. The molecule has 0 aliphatic carbocycles. The Morgan fingerprint density at radius 3 is 2.39 bits per heavy atom. The van der Waals surface area contributed by atoms with Crippen LogP contribution in [0, 0.1) is 13.8 Å². The maximum absolute atomic E-state index is 12.4. The Kier molecular flexibility index (Phi) is 3.47. The van der Waals surface area contributed by atoms with Gasteiger partial charge in [0.25, 0.3) is 5.91 Å². The molecule has 0 heterocycles. The Morgan fingerprint density at radius 1 is 1.00 bits per heavy atom. The van der Waals surface area contributed by atoms with E-state index < -0.39 is 0 Å². The van der Waals surface area contributed by atoms with Crippen LogP contribution >= 0.6 is 0 Å². The molecule has 0 aliphatic rings. The molecule has 2 aromatic carbocycles. The van der Waals surface area contributed by atoms with Crippen LogP contribution in [0.15, 0.2) is 48.5 Å². The molecule has 0 radical (unpaired) electrons. The number of carbonyl (C=O) groups excluding carboxylic acids is 1. The highest BCUT2D eigenvalue weighted by atomic mass is 16.2. The molecule has 0 atom stereocenters. The third kappa shape index (κ3) is 2.43. The summed E-state index contributed by atoms with van der Waals surface area (Å²) in [5.41, 5.74) is 3.82. The number of amides is 1. The van der Waals surface area contributed by atoms with Gasteiger partial charge in [0.15, 0.2) is 0 Å². The van der Waals surface area contributed by atoms with E-state index in [0.717, 1.165) is 22.4 Å². The fourth-order valence-electron chi connectivity index (χ4n) is 1.95. The molecule has 92 valence electrons. The van der Waals surface area contributed by atoms with Gasteiger partial charge in [-0.3, -0.25) is 4.79 Å². The molecule has 0 aromatic heterocycles. The summed E-state index contributed by atoms with van der Waals surface area (Å²) < 4.78 is 0. The van der Waals surface area contributed by atoms with Crippen molar-refractivity contribution in [2.24, 2.45) is 0 Å². The van der Waals surface area contributed by atoms with Gasteiger partial charge in [-0.1, -0.05) is 30.3 Å². The summed E-state index contributed by atoms with van der Waals surface area (Å²) in [4.78, 5) is 14.1. The van der Waals surface area contributed by atoms with E-state index in [1.54, 1.807) is 4.90 Å². The normalized spacial score (nSPS) is 10.2. The first-order valence-electron chi connectivity index (χ1n) is 6.00. The topological polar surface area (TPSA) is 20.3 Å². The number of hydrogen-bond donors (Lipinski definition) is 0. The number of aryl methyl sites for hydroxylation is 2. The minimum Gasteiger partial charge on any atom is -0.311 e. The quantitative estimate of drug-likeness (QED) is 0.784. The molecular formula is C16H17NO. The van der Waals surface area contributed by atoms with Crippen molar-refractivity contribution in [3.05, 3.63) is 65.2 Å². The van der Waals surface area contributed by atoms with E-state index in [4.69, 9.17) is 0 Å². The standard InChI is InChI=1S/C16H17NO/c1-12-7-6-9-14(11-12)17(3)16(18)15-10-5-4-8-13(15)2/h4-11H,1-3H3. The Bertz CT molecular complexity index is 575. The average Bonchev–Trinajstić information content (AvgIpc) is 2.37. The maximum Gasteiger partial charge on any atom is 0.258 e. The van der Waals surface area contributed by atoms with Crippen molar-refractivity contribution in [1.82, 2.24) is 0 Å². The SMILES string of the molecule is Cc1cccc(N(C)C(=O)c2ccccc2C)c1. The second-order valence-corrected chi connectivity index (χ2v) is 4.52. The summed E-state index contributed by atoms with van der Waals surface area (Å²) in [6.45, 7) is 3.98. The van der Waals surface area contributed by atoms with E-state index in [9.17, 15) is 4.79 Å². The first-order chi connectivity index (χ1) is 8.59. The molecule has 1 amide bonds. The van der Waals surface area contributed by atoms with Crippen molar-refractivity contribution >= 4 is 11.6 Å². The van der Waals surface area contributed by atoms with Gasteiger partial charge in [0.2, 0.25) is 0 Å². The molecule has 2 heteroatoms. The number of benzene rings is 2. The largest absolute Gasteiger partial charge is 0.311 e. The van der Waals surface area contributed by atoms with Crippen molar-refractivity contribution in [2.45, 2.75) is 13.8 Å². The van der Waals surface area contributed by atoms with Crippen LogP contribution in [0.1, 0.15) is 21.5 Å². The van der Waals surface area contributed by atoms with E-state index in [1.165, 1.54) is 0 Å². The van der Waals surface area contributed by atoms with Gasteiger partial charge in [-0.05, 0) is 43.2 Å². The van der Waals surface area contributed by atoms with Crippen LogP contribution in [-0.4, -0.2) is 13.0 Å². The highest BCUT2D eigenvalue weighted by molar-refractivity contribution is 6.06. The summed E-state index contributed by atoms with van der Waals surface area (Å²) in [6.07, 6.45) is 0. The van der Waals surface area contributed by atoms with Crippen molar-refractivity contribution in [3.63, 3.8) is 0 Å². The molecule has 18 heavy (non-hydrogen) atoms. The number of carbonyl (C=O) groups is 1. The minimum atomic E-state index is 0.0266. The predicted octanol–water partition coefficient (Wildman–Crippen LogP) is 3.58. The molecule has 2 aromatic rings. The van der Waals surface area contributed by atoms with Gasteiger partial charge in [0.05, 0.1) is 0 Å². The molecule has 0 N–H and O–H groups in total. The first-order valence-corrected chi connectivity index (χ1v) is 6.00. The van der Waals surface area contributed by atoms with Crippen LogP contribution < -0.4 is 4.90 Å². The van der Waals surface area contributed by atoms with Gasteiger partial charge >= 0.3 is 0 Å². The lowest BCUT2D eigenvalue weighted by atomic mass is 10.1. The molecule has 2 nitrogen and oxygen atoms in total. The van der Waals surface area contributed by atoms with Crippen LogP contribution in [0.25, 0.3) is 0 Å². The highest BCUT2D eigenvalue weighted by Crippen LogP contribution is 2.18. The van der Waals surface area contributed by atoms with Gasteiger partial charge in [0.1, 0.15) is 0 Å². The third-order valence-electron chi connectivity index (χ3n) is 3.07. The molecule has 0 bridgehead atoms. The van der Waals surface area contributed by atoms with E-state index in [0.29, 0.717) is 0 Å². The zero-order valence-corrected chi connectivity index (χ0v) is 11.0. The van der Waals surface area contributed by atoms with Crippen molar-refractivity contribution in [2.75, 3.05) is 11.9 Å². The van der Waals surface area contributed by atoms with Gasteiger partial charge in [-0.2, -0.15) is 0 Å². The summed E-state index contributed by atoms with van der Waals surface area (Å²) in [5.74, 6) is 0.0266. The van der Waals surface area contributed by atoms with Crippen LogP contribution in [0.3, 0.4) is 0 Å². The zero-order chi connectivity index (χ0) is 13.1. The van der Waals surface area contributed by atoms with Crippen molar-refractivity contribution in [1.29, 1.82) is 0 Å². The van der Waals surface area contributed by atoms with Crippen LogP contribution in [0.2, 0.25) is 0 Å². The number of rotatable bonds is 2. The summed E-state index contributed by atoms with van der Waals surface area (Å²) >= 11 is 0. The van der Waals surface area contributed by atoms with Crippen LogP contribution in [0.4, 0.5) is 5.69 Å². The smallest absolute Gasteiger partial charge is 0.258 e. The number of anilines is 1. The Balaban J connectivity index is 2.32. The van der Waals surface area contributed by atoms with Crippen molar-refractivity contribution < 1.29 is 4.79 Å². The van der Waals surface area contributed by atoms with Gasteiger partial charge < -0.3 is 4.90 Å². The van der Waals surface area contributed by atoms with Crippen LogP contribution in [-0.2, 0) is 0 Å². The molecule has 0 unspecified atom stereocenters. The first kappa shape index (κ1) is 12.4. The molecule has 0 saturated carbocycles. The van der Waals surface area contributed by atoms with Gasteiger partial charge in [0, 0.05) is 18.3 Å². The Morgan fingerprint density at radius 2 is 1.72 bits per heavy atom. The molecule has 0 fully saturated rings. The molecule has 0 spiro atoms. The number of hydrogen-bond acceptors (Lipinski definition) is 1. The highest BCUT2D eigenvalue weighted by Gasteiger charge is 2.14. The summed E-state index contributed by atoms with van der Waals surface area (Å²) in [5, 5.41) is 0. The monoisotopic (exact) mass is 239 g/mol. The lowest BCUT2D eigenvalue weighted by Crippen LogP contribution is -2.26. The van der Waals surface area contributed by atoms with E-state index >= 15 is 0 Å². The Labute approximate surface area is 108 Å². The Hall–Kier alpha value is -2.09. The molecule has 0 saturated heterocycles. The van der Waals surface area contributed by atoms with Gasteiger partial charge in [-0.15, -0.1) is 0 Å². The van der Waals surface area contributed by atoms with E-state index in [-0.39, 0.29) is 5.91 Å². The summed E-state index contributed by atoms with van der Waals surface area (Å²) in [7, 11) is 1.81. The molecule has 0 aliphatic heterocycles. The maximum atomic E-state index is 12.4. The average molecular weight is 239 g/mol. The van der Waals surface area contributed by atoms with Gasteiger partial charge in [-0.25, -0.2) is 0 Å². The minimum absolute atomic E-state index is 0.0266. The second-order valence-electron chi connectivity index (χ2n) is 4.52. The fraction of sp³-hybridized carbons (Fsp3) is 0.188. The molecule has 2 rings (SSSR count). The summed E-state index contributed by atoms with van der Waals surface area (Å²) in [6, 6.07) is 15.6. The lowest BCUT2D eigenvalue weighted by Gasteiger charge is -2.18. The van der Waals surface area contributed by atoms with E-state index in [1.807, 2.05) is 69.4 Å². The number of nitrogens with zero attached hydrogens (tertiary/aromatic N) is 1. The van der Waals surface area contributed by atoms with Crippen molar-refractivity contribution in [3.8, 4) is 0 Å². The van der Waals surface area contributed by atoms with E-state index in [2.05, 4.69) is 0 Å². The third-order valence-corrected chi connectivity index (χ3v) is 3.07. The second kappa shape index (κ2) is 5.05.